The van der Waals surface area contributed by atoms with Gasteiger partial charge in [0.1, 0.15) is 11.2 Å². The predicted octanol–water partition coefficient (Wildman–Crippen LogP) is 3.62. The highest BCUT2D eigenvalue weighted by Gasteiger charge is 2.80. The van der Waals surface area contributed by atoms with Gasteiger partial charge in [0.2, 0.25) is 17.4 Å². The van der Waals surface area contributed by atoms with E-state index < -0.39 is 52.5 Å². The second kappa shape index (κ2) is 10.3. The van der Waals surface area contributed by atoms with E-state index in [-0.39, 0.29) is 30.4 Å². The van der Waals surface area contributed by atoms with Crippen LogP contribution in [0.15, 0.2) is 48.5 Å². The number of amides is 2. The Bertz CT molecular complexity index is 1240. The summed E-state index contributed by atoms with van der Waals surface area (Å²) in [5.41, 5.74) is -3.63. The van der Waals surface area contributed by atoms with Gasteiger partial charge in [-0.2, -0.15) is 0 Å². The van der Waals surface area contributed by atoms with Crippen LogP contribution in [0.5, 0.6) is 0 Å². The van der Waals surface area contributed by atoms with Gasteiger partial charge in [-0.3, -0.25) is 14.9 Å². The van der Waals surface area contributed by atoms with Crippen molar-refractivity contribution in [3.05, 3.63) is 65.5 Å². The molecule has 9 heteroatoms. The number of carbonyl (C=O) groups excluding carboxylic acids is 4. The van der Waals surface area contributed by atoms with E-state index in [9.17, 15) is 23.6 Å². The highest BCUT2D eigenvalue weighted by molar-refractivity contribution is 6.28. The van der Waals surface area contributed by atoms with Crippen LogP contribution in [0.2, 0.25) is 0 Å². The zero-order valence-electron chi connectivity index (χ0n) is 22.2. The van der Waals surface area contributed by atoms with E-state index in [4.69, 9.17) is 9.47 Å². The lowest BCUT2D eigenvalue weighted by atomic mass is 9.58. The van der Waals surface area contributed by atoms with E-state index in [0.29, 0.717) is 12.0 Å². The molecule has 2 amide bonds. The normalized spacial score (nSPS) is 23.6. The van der Waals surface area contributed by atoms with Crippen LogP contribution in [0.4, 0.5) is 10.1 Å². The van der Waals surface area contributed by atoms with Crippen molar-refractivity contribution in [2.45, 2.75) is 64.0 Å². The SMILES string of the molecule is CCOC(=O)C1(C(=O)OCC)N[C@H](CC(C)C)[C@@H](c2ccccc2)[C@]12C(=O)N(C(C)=O)c1ccc(F)cc12. The second-order valence-electron chi connectivity index (χ2n) is 10.1. The summed E-state index contributed by atoms with van der Waals surface area (Å²) in [5.74, 6) is -4.90. The number of nitrogens with zero attached hydrogens (tertiary/aromatic N) is 1. The minimum Gasteiger partial charge on any atom is -0.464 e. The number of fused-ring (bicyclic) bond motifs is 2. The van der Waals surface area contributed by atoms with Crippen molar-refractivity contribution in [1.82, 2.24) is 5.32 Å². The molecule has 0 aromatic heterocycles. The van der Waals surface area contributed by atoms with Gasteiger partial charge in [-0.25, -0.2) is 18.9 Å². The van der Waals surface area contributed by atoms with Gasteiger partial charge in [-0.1, -0.05) is 44.2 Å². The molecule has 2 heterocycles. The molecule has 0 radical (unpaired) electrons. The minimum atomic E-state index is -2.39. The third-order valence-corrected chi connectivity index (χ3v) is 7.39. The summed E-state index contributed by atoms with van der Waals surface area (Å²) in [6, 6.07) is 12.0. The highest BCUT2D eigenvalue weighted by Crippen LogP contribution is 2.61. The Kier molecular flexibility index (Phi) is 7.43. The first-order chi connectivity index (χ1) is 18.1. The third kappa shape index (κ3) is 3.83. The van der Waals surface area contributed by atoms with Crippen molar-refractivity contribution in [3.8, 4) is 0 Å². The molecule has 2 aliphatic heterocycles. The van der Waals surface area contributed by atoms with E-state index in [1.165, 1.54) is 13.0 Å². The molecule has 2 aromatic carbocycles. The molecule has 202 valence electrons. The summed E-state index contributed by atoms with van der Waals surface area (Å²) in [4.78, 5) is 56.6. The number of halogens is 1. The number of hydrogen-bond donors (Lipinski definition) is 1. The Morgan fingerprint density at radius 3 is 2.16 bits per heavy atom. The fourth-order valence-corrected chi connectivity index (χ4v) is 6.25. The zero-order valence-corrected chi connectivity index (χ0v) is 22.2. The third-order valence-electron chi connectivity index (χ3n) is 7.39. The van der Waals surface area contributed by atoms with Gasteiger partial charge in [0, 0.05) is 18.9 Å². The van der Waals surface area contributed by atoms with Crippen LogP contribution in [-0.4, -0.2) is 48.5 Å². The van der Waals surface area contributed by atoms with Gasteiger partial charge in [0.15, 0.2) is 0 Å². The maximum absolute atomic E-state index is 15.0. The van der Waals surface area contributed by atoms with E-state index in [1.807, 2.05) is 19.9 Å². The van der Waals surface area contributed by atoms with Gasteiger partial charge in [-0.05, 0) is 55.5 Å². The molecular weight excluding hydrogens is 491 g/mol. The Labute approximate surface area is 221 Å². The molecule has 3 atom stereocenters. The number of imide groups is 1. The summed E-state index contributed by atoms with van der Waals surface area (Å²) in [6.45, 7) is 8.20. The Hall–Kier alpha value is -3.59. The zero-order chi connectivity index (χ0) is 27.8. The summed E-state index contributed by atoms with van der Waals surface area (Å²) < 4.78 is 25.9. The molecule has 1 N–H and O–H groups in total. The number of benzene rings is 2. The first-order valence-electron chi connectivity index (χ1n) is 12.9. The first kappa shape index (κ1) is 27.4. The van der Waals surface area contributed by atoms with Crippen molar-refractivity contribution < 1.29 is 33.0 Å². The lowest BCUT2D eigenvalue weighted by Gasteiger charge is -2.40. The maximum Gasteiger partial charge on any atom is 0.339 e. The molecular formula is C29H33FN2O6. The average Bonchev–Trinajstić information content (AvgIpc) is 3.30. The summed E-state index contributed by atoms with van der Waals surface area (Å²) in [6.07, 6.45) is 0.458. The van der Waals surface area contributed by atoms with Crippen LogP contribution in [0.25, 0.3) is 0 Å². The number of anilines is 1. The molecule has 8 nitrogen and oxygen atoms in total. The van der Waals surface area contributed by atoms with Crippen LogP contribution < -0.4 is 10.2 Å². The summed E-state index contributed by atoms with van der Waals surface area (Å²) in [5, 5.41) is 3.21. The van der Waals surface area contributed by atoms with Crippen molar-refractivity contribution in [1.29, 1.82) is 0 Å². The van der Waals surface area contributed by atoms with Gasteiger partial charge in [0.05, 0.1) is 18.9 Å². The Morgan fingerprint density at radius 1 is 1.03 bits per heavy atom. The summed E-state index contributed by atoms with van der Waals surface area (Å²) >= 11 is 0. The number of ether oxygens (including phenoxy) is 2. The van der Waals surface area contributed by atoms with Crippen molar-refractivity contribution >= 4 is 29.4 Å². The predicted molar refractivity (Wildman–Crippen MR) is 138 cm³/mol. The number of carbonyl (C=O) groups is 4. The van der Waals surface area contributed by atoms with E-state index in [0.717, 1.165) is 17.0 Å². The van der Waals surface area contributed by atoms with Gasteiger partial charge < -0.3 is 9.47 Å². The minimum absolute atomic E-state index is 0.0615. The van der Waals surface area contributed by atoms with Crippen LogP contribution in [-0.2, 0) is 34.1 Å². The smallest absolute Gasteiger partial charge is 0.339 e. The van der Waals surface area contributed by atoms with Crippen molar-refractivity contribution in [2.24, 2.45) is 5.92 Å². The second-order valence-corrected chi connectivity index (χ2v) is 10.1. The molecule has 0 aliphatic carbocycles. The quantitative estimate of drug-likeness (QED) is 0.436. The van der Waals surface area contributed by atoms with Crippen LogP contribution in [0.1, 0.15) is 58.1 Å². The lowest BCUT2D eigenvalue weighted by molar-refractivity contribution is -0.171. The monoisotopic (exact) mass is 524 g/mol. The standard InChI is InChI=1S/C29H33FN2O6/c1-6-37-26(35)29(27(36)38-7-2)28(21-16-20(30)13-14-23(21)32(18(5)33)25(28)34)24(19-11-9-8-10-12-19)22(31-29)15-17(3)4/h8-14,16-17,22,24,31H,6-7,15H2,1-5H3/t22-,24-,28-/m1/s1. The Balaban J connectivity index is 2.21. The molecule has 2 aliphatic rings. The molecule has 0 bridgehead atoms. The van der Waals surface area contributed by atoms with Crippen molar-refractivity contribution in [2.75, 3.05) is 18.1 Å². The number of esters is 2. The maximum atomic E-state index is 15.0. The Morgan fingerprint density at radius 2 is 1.63 bits per heavy atom. The molecule has 0 saturated carbocycles. The number of nitrogens with one attached hydrogen (secondary N) is 1. The van der Waals surface area contributed by atoms with Gasteiger partial charge in [-0.15, -0.1) is 0 Å². The van der Waals surface area contributed by atoms with E-state index in [2.05, 4.69) is 5.32 Å². The molecule has 1 saturated heterocycles. The van der Waals surface area contributed by atoms with Crippen LogP contribution in [0, 0.1) is 11.7 Å². The molecule has 2 aromatic rings. The molecule has 1 fully saturated rings. The molecule has 38 heavy (non-hydrogen) atoms. The molecule has 0 unspecified atom stereocenters. The van der Waals surface area contributed by atoms with Crippen LogP contribution in [0.3, 0.4) is 0 Å². The fraction of sp³-hybridized carbons (Fsp3) is 0.448. The number of hydrogen-bond acceptors (Lipinski definition) is 7. The first-order valence-corrected chi connectivity index (χ1v) is 12.9. The van der Waals surface area contributed by atoms with E-state index >= 15 is 0 Å². The average molecular weight is 525 g/mol. The molecule has 4 rings (SSSR count). The summed E-state index contributed by atoms with van der Waals surface area (Å²) in [7, 11) is 0. The fourth-order valence-electron chi connectivity index (χ4n) is 6.25. The molecule has 1 spiro atoms. The van der Waals surface area contributed by atoms with Crippen molar-refractivity contribution in [3.63, 3.8) is 0 Å². The lowest BCUT2D eigenvalue weighted by Crippen LogP contribution is -2.70. The van der Waals surface area contributed by atoms with Gasteiger partial charge >= 0.3 is 11.9 Å². The topological polar surface area (TPSA) is 102 Å². The van der Waals surface area contributed by atoms with E-state index in [1.54, 1.807) is 38.1 Å². The van der Waals surface area contributed by atoms with Gasteiger partial charge in [0.25, 0.3) is 0 Å². The van der Waals surface area contributed by atoms with Crippen LogP contribution >= 0.6 is 0 Å². The highest BCUT2D eigenvalue weighted by atomic mass is 19.1. The largest absolute Gasteiger partial charge is 0.464 e. The number of rotatable bonds is 7.